The molecule has 0 aromatic heterocycles. The van der Waals surface area contributed by atoms with Crippen LogP contribution in [0.4, 0.5) is 14.5 Å². The number of carbonyl (C=O) groups is 3. The number of hydrogen-bond acceptors (Lipinski definition) is 3. The quantitative estimate of drug-likeness (QED) is 0.795. The number of anilines is 1. The van der Waals surface area contributed by atoms with Crippen LogP contribution in [0, 0.1) is 17.6 Å². The fraction of sp³-hybridized carbons (Fsp3) is 0.250. The molecule has 0 saturated carbocycles. The Bertz CT molecular complexity index is 901. The number of rotatable bonds is 6. The molecule has 3 rings (SSSR count). The number of carboxylic acids is 1. The van der Waals surface area contributed by atoms with Crippen LogP contribution in [0.3, 0.4) is 0 Å². The van der Waals surface area contributed by atoms with E-state index in [4.69, 9.17) is 0 Å². The molecule has 2 aromatic rings. The molecular weight excluding hydrogens is 370 g/mol. The lowest BCUT2D eigenvalue weighted by Crippen LogP contribution is -2.37. The summed E-state index contributed by atoms with van der Waals surface area (Å²) >= 11 is 0. The van der Waals surface area contributed by atoms with Gasteiger partial charge in [-0.15, -0.1) is 0 Å². The molecule has 1 fully saturated rings. The maximum absolute atomic E-state index is 13.9. The van der Waals surface area contributed by atoms with Gasteiger partial charge in [0.1, 0.15) is 11.6 Å². The average molecular weight is 388 g/mol. The van der Waals surface area contributed by atoms with Crippen molar-refractivity contribution in [3.05, 3.63) is 65.7 Å². The predicted octanol–water partition coefficient (Wildman–Crippen LogP) is 2.30. The summed E-state index contributed by atoms with van der Waals surface area (Å²) in [5.74, 6) is -4.84. The second-order valence-electron chi connectivity index (χ2n) is 6.54. The molecule has 28 heavy (non-hydrogen) atoms. The lowest BCUT2D eigenvalue weighted by Gasteiger charge is -2.18. The zero-order valence-electron chi connectivity index (χ0n) is 14.8. The first-order valence-corrected chi connectivity index (χ1v) is 8.67. The van der Waals surface area contributed by atoms with Crippen LogP contribution < -0.4 is 10.2 Å². The van der Waals surface area contributed by atoms with Crippen molar-refractivity contribution in [2.24, 2.45) is 5.92 Å². The van der Waals surface area contributed by atoms with Crippen LogP contribution in [0.15, 0.2) is 48.5 Å². The molecule has 2 atom stereocenters. The predicted molar refractivity (Wildman–Crippen MR) is 96.6 cm³/mol. The topological polar surface area (TPSA) is 86.7 Å². The fourth-order valence-electron chi connectivity index (χ4n) is 3.18. The Kier molecular flexibility index (Phi) is 5.67. The highest BCUT2D eigenvalue weighted by molar-refractivity contribution is 6.00. The molecule has 1 saturated heterocycles. The molecule has 0 spiro atoms. The fourth-order valence-corrected chi connectivity index (χ4v) is 3.18. The van der Waals surface area contributed by atoms with E-state index in [-0.39, 0.29) is 31.1 Å². The Balaban J connectivity index is 1.64. The van der Waals surface area contributed by atoms with Crippen LogP contribution in [0.25, 0.3) is 0 Å². The lowest BCUT2D eigenvalue weighted by atomic mass is 9.98. The van der Waals surface area contributed by atoms with Gasteiger partial charge in [-0.1, -0.05) is 24.3 Å². The number of carboxylic acid groups (broad SMARTS) is 1. The summed E-state index contributed by atoms with van der Waals surface area (Å²) in [7, 11) is 0. The minimum absolute atomic E-state index is 0.0138. The smallest absolute Gasteiger partial charge is 0.312 e. The maximum Gasteiger partial charge on any atom is 0.312 e. The lowest BCUT2D eigenvalue weighted by molar-refractivity contribution is -0.138. The molecule has 2 N–H and O–H groups in total. The summed E-state index contributed by atoms with van der Waals surface area (Å²) in [5.41, 5.74) is 0.460. The summed E-state index contributed by atoms with van der Waals surface area (Å²) in [6.45, 7) is -0.190. The second kappa shape index (κ2) is 8.16. The van der Waals surface area contributed by atoms with Crippen molar-refractivity contribution in [3.8, 4) is 0 Å². The summed E-state index contributed by atoms with van der Waals surface area (Å²) in [6, 6.07) is 10.8. The van der Waals surface area contributed by atoms with Gasteiger partial charge in [-0.25, -0.2) is 8.78 Å². The van der Waals surface area contributed by atoms with E-state index in [0.29, 0.717) is 5.56 Å². The molecule has 1 heterocycles. The normalized spacial score (nSPS) is 17.4. The van der Waals surface area contributed by atoms with Gasteiger partial charge in [0, 0.05) is 19.5 Å². The molecule has 146 valence electrons. The molecule has 2 aromatic carbocycles. The van der Waals surface area contributed by atoms with Gasteiger partial charge in [0.25, 0.3) is 0 Å². The van der Waals surface area contributed by atoms with E-state index in [2.05, 4.69) is 5.32 Å². The van der Waals surface area contributed by atoms with Gasteiger partial charge in [0.05, 0.1) is 17.5 Å². The first-order chi connectivity index (χ1) is 13.4. The Labute approximate surface area is 159 Å². The van der Waals surface area contributed by atoms with Crippen molar-refractivity contribution in [1.82, 2.24) is 5.32 Å². The van der Waals surface area contributed by atoms with Crippen molar-refractivity contribution in [3.63, 3.8) is 0 Å². The van der Waals surface area contributed by atoms with Crippen molar-refractivity contribution in [2.45, 2.75) is 12.3 Å². The van der Waals surface area contributed by atoms with Gasteiger partial charge >= 0.3 is 5.97 Å². The van der Waals surface area contributed by atoms with Crippen molar-refractivity contribution in [1.29, 1.82) is 0 Å². The zero-order chi connectivity index (χ0) is 20.3. The molecule has 6 nitrogen and oxygen atoms in total. The molecule has 2 unspecified atom stereocenters. The monoisotopic (exact) mass is 388 g/mol. The van der Waals surface area contributed by atoms with Crippen LogP contribution in [0.5, 0.6) is 0 Å². The Morgan fingerprint density at radius 3 is 2.46 bits per heavy atom. The van der Waals surface area contributed by atoms with E-state index in [9.17, 15) is 28.3 Å². The summed E-state index contributed by atoms with van der Waals surface area (Å²) in [5, 5.41) is 11.9. The minimum atomic E-state index is -1.16. The minimum Gasteiger partial charge on any atom is -0.481 e. The molecule has 8 heteroatoms. The third-order valence-electron chi connectivity index (χ3n) is 4.69. The van der Waals surface area contributed by atoms with Gasteiger partial charge in [0.2, 0.25) is 11.8 Å². The number of aliphatic carboxylic acids is 1. The number of nitrogens with zero attached hydrogens (tertiary/aromatic N) is 1. The molecule has 0 bridgehead atoms. The highest BCUT2D eigenvalue weighted by Gasteiger charge is 2.36. The maximum atomic E-state index is 13.9. The molecule has 2 amide bonds. The van der Waals surface area contributed by atoms with Gasteiger partial charge < -0.3 is 15.3 Å². The molecule has 0 aliphatic carbocycles. The van der Waals surface area contributed by atoms with Gasteiger partial charge in [-0.3, -0.25) is 14.4 Å². The van der Waals surface area contributed by atoms with E-state index in [0.717, 1.165) is 12.1 Å². The van der Waals surface area contributed by atoms with Crippen molar-refractivity contribution in [2.75, 3.05) is 18.0 Å². The number of benzene rings is 2. The number of amides is 2. The van der Waals surface area contributed by atoms with Crippen LogP contribution in [-0.2, 0) is 14.4 Å². The van der Waals surface area contributed by atoms with Crippen LogP contribution >= 0.6 is 0 Å². The number of para-hydroxylation sites is 1. The summed E-state index contributed by atoms with van der Waals surface area (Å²) in [6.07, 6.45) is -0.0888. The highest BCUT2D eigenvalue weighted by atomic mass is 19.1. The Morgan fingerprint density at radius 1 is 1.14 bits per heavy atom. The first-order valence-electron chi connectivity index (χ1n) is 8.67. The second-order valence-corrected chi connectivity index (χ2v) is 6.54. The van der Waals surface area contributed by atoms with Crippen molar-refractivity contribution >= 4 is 23.5 Å². The van der Waals surface area contributed by atoms with E-state index < -0.39 is 35.3 Å². The highest BCUT2D eigenvalue weighted by Crippen LogP contribution is 2.27. The molecular formula is C20H18F2N2O4. The van der Waals surface area contributed by atoms with E-state index in [1.54, 1.807) is 6.07 Å². The average Bonchev–Trinajstić information content (AvgIpc) is 3.05. The third-order valence-corrected chi connectivity index (χ3v) is 4.69. The molecule has 0 radical (unpaired) electrons. The number of hydrogen-bond donors (Lipinski definition) is 2. The van der Waals surface area contributed by atoms with Crippen LogP contribution in [0.2, 0.25) is 0 Å². The van der Waals surface area contributed by atoms with E-state index >= 15 is 0 Å². The third kappa shape index (κ3) is 4.16. The van der Waals surface area contributed by atoms with Gasteiger partial charge in [-0.05, 0) is 29.8 Å². The molecule has 1 aliphatic heterocycles. The SMILES string of the molecule is O=C(NCC(C(=O)O)c1ccc(F)cc1)C1CC(=O)N(c2ccccc2F)C1. The Hall–Kier alpha value is -3.29. The van der Waals surface area contributed by atoms with Crippen LogP contribution in [0.1, 0.15) is 17.9 Å². The van der Waals surface area contributed by atoms with Crippen LogP contribution in [-0.4, -0.2) is 36.0 Å². The Morgan fingerprint density at radius 2 is 1.82 bits per heavy atom. The van der Waals surface area contributed by atoms with E-state index in [1.165, 1.54) is 35.2 Å². The largest absolute Gasteiger partial charge is 0.481 e. The van der Waals surface area contributed by atoms with Gasteiger partial charge in [-0.2, -0.15) is 0 Å². The number of halogens is 2. The summed E-state index contributed by atoms with van der Waals surface area (Å²) in [4.78, 5) is 37.3. The number of nitrogens with one attached hydrogen (secondary N) is 1. The zero-order valence-corrected chi connectivity index (χ0v) is 14.8. The van der Waals surface area contributed by atoms with Crippen molar-refractivity contribution < 1.29 is 28.3 Å². The van der Waals surface area contributed by atoms with Gasteiger partial charge in [0.15, 0.2) is 0 Å². The summed E-state index contributed by atoms with van der Waals surface area (Å²) < 4.78 is 26.9. The molecule has 1 aliphatic rings. The first kappa shape index (κ1) is 19.5. The van der Waals surface area contributed by atoms with E-state index in [1.807, 2.05) is 0 Å². The standard InChI is InChI=1S/C20H18F2N2O4/c21-14-7-5-12(6-8-14)15(20(27)28)10-23-19(26)13-9-18(25)24(11-13)17-4-2-1-3-16(17)22/h1-8,13,15H,9-11H2,(H,23,26)(H,27,28). The number of carbonyl (C=O) groups excluding carboxylic acids is 2.